The summed E-state index contributed by atoms with van der Waals surface area (Å²) in [6, 6.07) is 15.9. The number of likely N-dealkylation sites (tertiary alicyclic amines) is 1. The number of benzene rings is 2. The van der Waals surface area contributed by atoms with Crippen molar-refractivity contribution >= 4 is 38.9 Å². The molecule has 32 heavy (non-hydrogen) atoms. The number of hydrogen-bond donors (Lipinski definition) is 1. The van der Waals surface area contributed by atoms with E-state index in [1.807, 2.05) is 24.3 Å². The van der Waals surface area contributed by atoms with Gasteiger partial charge in [0.05, 0.1) is 10.9 Å². The Labute approximate surface area is 197 Å². The molecule has 4 rings (SSSR count). The third kappa shape index (κ3) is 4.86. The van der Waals surface area contributed by atoms with E-state index in [1.54, 1.807) is 0 Å². The van der Waals surface area contributed by atoms with Crippen LogP contribution in [-0.4, -0.2) is 38.9 Å². The summed E-state index contributed by atoms with van der Waals surface area (Å²) >= 11 is 12.3. The molecule has 1 fully saturated rings. The van der Waals surface area contributed by atoms with Gasteiger partial charge in [-0.2, -0.15) is 0 Å². The van der Waals surface area contributed by atoms with Gasteiger partial charge in [-0.3, -0.25) is 9.69 Å². The fourth-order valence-corrected chi connectivity index (χ4v) is 5.39. The minimum Gasteiger partial charge on any atom is -0.439 e. The number of furan rings is 1. The van der Waals surface area contributed by atoms with Crippen LogP contribution in [0.4, 0.5) is 0 Å². The summed E-state index contributed by atoms with van der Waals surface area (Å²) in [5.74, 6) is -0.560. The molecule has 2 heterocycles. The van der Waals surface area contributed by atoms with Crippen molar-refractivity contribution in [3.8, 4) is 0 Å². The van der Waals surface area contributed by atoms with Crippen LogP contribution >= 0.6 is 23.2 Å². The van der Waals surface area contributed by atoms with Crippen LogP contribution in [0.1, 0.15) is 35.0 Å². The lowest BCUT2D eigenvalue weighted by Crippen LogP contribution is -2.36. The number of halogens is 2. The highest BCUT2D eigenvalue weighted by Gasteiger charge is 2.27. The monoisotopic (exact) mass is 492 g/mol. The third-order valence-electron chi connectivity index (χ3n) is 5.50. The van der Waals surface area contributed by atoms with E-state index in [0.29, 0.717) is 16.6 Å². The fraction of sp³-hybridized carbons (Fsp3) is 0.261. The van der Waals surface area contributed by atoms with E-state index in [-0.39, 0.29) is 21.8 Å². The SMILES string of the molecule is O=C(NCC(c1ccccc1Cl)N1CCCC1)c1ccc(S(=O)(=O)c2ccc(Cl)cc2)o1. The number of nitrogens with zero attached hydrogens (tertiary/aromatic N) is 1. The smallest absolute Gasteiger partial charge is 0.287 e. The maximum absolute atomic E-state index is 12.8. The van der Waals surface area contributed by atoms with Crippen molar-refractivity contribution in [2.45, 2.75) is 28.9 Å². The van der Waals surface area contributed by atoms with E-state index in [2.05, 4.69) is 10.2 Å². The van der Waals surface area contributed by atoms with Gasteiger partial charge in [-0.25, -0.2) is 8.42 Å². The molecule has 0 saturated carbocycles. The van der Waals surface area contributed by atoms with Crippen LogP contribution in [0.2, 0.25) is 10.0 Å². The van der Waals surface area contributed by atoms with Gasteiger partial charge in [0.15, 0.2) is 5.76 Å². The average molecular weight is 493 g/mol. The van der Waals surface area contributed by atoms with Crippen LogP contribution in [0.3, 0.4) is 0 Å². The van der Waals surface area contributed by atoms with Gasteiger partial charge in [0.2, 0.25) is 14.9 Å². The summed E-state index contributed by atoms with van der Waals surface area (Å²) in [5.41, 5.74) is 0.946. The summed E-state index contributed by atoms with van der Waals surface area (Å²) in [7, 11) is -3.89. The summed E-state index contributed by atoms with van der Waals surface area (Å²) in [4.78, 5) is 15.1. The topological polar surface area (TPSA) is 79.6 Å². The lowest BCUT2D eigenvalue weighted by molar-refractivity contribution is 0.0905. The van der Waals surface area contributed by atoms with Gasteiger partial charge >= 0.3 is 0 Å². The molecule has 9 heteroatoms. The number of nitrogens with one attached hydrogen (secondary N) is 1. The Morgan fingerprint density at radius 1 is 1.00 bits per heavy atom. The number of rotatable bonds is 7. The van der Waals surface area contributed by atoms with Crippen LogP contribution in [-0.2, 0) is 9.84 Å². The van der Waals surface area contributed by atoms with E-state index >= 15 is 0 Å². The normalized spacial score (nSPS) is 15.6. The highest BCUT2D eigenvalue weighted by molar-refractivity contribution is 7.91. The summed E-state index contributed by atoms with van der Waals surface area (Å²) in [6.07, 6.45) is 2.19. The number of hydrogen-bond acceptors (Lipinski definition) is 5. The van der Waals surface area contributed by atoms with Gasteiger partial charge in [-0.15, -0.1) is 0 Å². The first-order valence-corrected chi connectivity index (χ1v) is 12.5. The van der Waals surface area contributed by atoms with E-state index in [9.17, 15) is 13.2 Å². The van der Waals surface area contributed by atoms with Crippen LogP contribution in [0.15, 0.2) is 75.1 Å². The van der Waals surface area contributed by atoms with E-state index in [4.69, 9.17) is 27.6 Å². The van der Waals surface area contributed by atoms with Gasteiger partial charge in [-0.1, -0.05) is 41.4 Å². The highest BCUT2D eigenvalue weighted by atomic mass is 35.5. The minimum absolute atomic E-state index is 0.0380. The maximum Gasteiger partial charge on any atom is 0.287 e. The van der Waals surface area contributed by atoms with Crippen LogP contribution in [0, 0.1) is 0 Å². The Hall–Kier alpha value is -2.32. The molecule has 1 aliphatic rings. The first-order valence-electron chi connectivity index (χ1n) is 10.2. The maximum atomic E-state index is 12.8. The van der Waals surface area contributed by atoms with Crippen LogP contribution < -0.4 is 5.32 Å². The molecule has 6 nitrogen and oxygen atoms in total. The highest BCUT2D eigenvalue weighted by Crippen LogP contribution is 2.30. The zero-order valence-corrected chi connectivity index (χ0v) is 19.5. The first-order chi connectivity index (χ1) is 15.4. The molecule has 3 aromatic rings. The van der Waals surface area contributed by atoms with Crippen molar-refractivity contribution in [1.82, 2.24) is 10.2 Å². The predicted octanol–water partition coefficient (Wildman–Crippen LogP) is 4.99. The van der Waals surface area contributed by atoms with Crippen molar-refractivity contribution < 1.29 is 17.6 Å². The second-order valence-electron chi connectivity index (χ2n) is 7.57. The molecule has 0 spiro atoms. The molecule has 1 amide bonds. The Balaban J connectivity index is 1.49. The molecule has 1 atom stereocenters. The molecule has 1 saturated heterocycles. The van der Waals surface area contributed by atoms with Crippen molar-refractivity contribution in [3.05, 3.63) is 82.0 Å². The van der Waals surface area contributed by atoms with Crippen molar-refractivity contribution in [3.63, 3.8) is 0 Å². The lowest BCUT2D eigenvalue weighted by Gasteiger charge is -2.28. The zero-order chi connectivity index (χ0) is 22.7. The van der Waals surface area contributed by atoms with Gasteiger partial charge in [0.1, 0.15) is 0 Å². The van der Waals surface area contributed by atoms with E-state index < -0.39 is 15.7 Å². The minimum atomic E-state index is -3.89. The summed E-state index contributed by atoms with van der Waals surface area (Å²) in [6.45, 7) is 2.18. The summed E-state index contributed by atoms with van der Waals surface area (Å²) in [5, 5.41) is 3.64. The zero-order valence-electron chi connectivity index (χ0n) is 17.1. The van der Waals surface area contributed by atoms with E-state index in [0.717, 1.165) is 31.5 Å². The first kappa shape index (κ1) is 22.9. The largest absolute Gasteiger partial charge is 0.439 e. The molecule has 1 aliphatic heterocycles. The Morgan fingerprint density at radius 2 is 1.69 bits per heavy atom. The number of carbonyl (C=O) groups is 1. The number of amides is 1. The van der Waals surface area contributed by atoms with Crippen molar-refractivity contribution in [2.75, 3.05) is 19.6 Å². The number of carbonyl (C=O) groups excluding carboxylic acids is 1. The van der Waals surface area contributed by atoms with Crippen LogP contribution in [0.5, 0.6) is 0 Å². The van der Waals surface area contributed by atoms with Crippen molar-refractivity contribution in [1.29, 1.82) is 0 Å². The third-order valence-corrected chi connectivity index (χ3v) is 7.73. The molecule has 0 aliphatic carbocycles. The molecule has 0 radical (unpaired) electrons. The Kier molecular flexibility index (Phi) is 6.90. The molecule has 1 N–H and O–H groups in total. The molecule has 0 bridgehead atoms. The Bertz CT molecular complexity index is 1200. The molecule has 1 aromatic heterocycles. The van der Waals surface area contributed by atoms with Gasteiger partial charge < -0.3 is 9.73 Å². The number of sulfone groups is 1. The van der Waals surface area contributed by atoms with E-state index in [1.165, 1.54) is 36.4 Å². The predicted molar refractivity (Wildman–Crippen MR) is 123 cm³/mol. The van der Waals surface area contributed by atoms with Gasteiger partial charge in [-0.05, 0) is 74.0 Å². The standard InChI is InChI=1S/C23H22Cl2N2O4S/c24-16-7-9-17(10-8-16)32(29,30)22-12-11-21(31-22)23(28)26-15-20(27-13-3-4-14-27)18-5-1-2-6-19(18)25/h1-2,5-12,20H,3-4,13-15H2,(H,26,28). The van der Waals surface area contributed by atoms with Gasteiger partial charge in [0.25, 0.3) is 5.91 Å². The quantitative estimate of drug-likeness (QED) is 0.502. The molecule has 1 unspecified atom stereocenters. The van der Waals surface area contributed by atoms with Crippen molar-refractivity contribution in [2.24, 2.45) is 0 Å². The average Bonchev–Trinajstić information content (AvgIpc) is 3.48. The second-order valence-corrected chi connectivity index (χ2v) is 10.3. The molecular formula is C23H22Cl2N2O4S. The van der Waals surface area contributed by atoms with Gasteiger partial charge in [0, 0.05) is 16.6 Å². The summed E-state index contributed by atoms with van der Waals surface area (Å²) < 4.78 is 30.9. The molecular weight excluding hydrogens is 471 g/mol. The Morgan fingerprint density at radius 3 is 2.38 bits per heavy atom. The second kappa shape index (κ2) is 9.67. The fourth-order valence-electron chi connectivity index (χ4n) is 3.83. The molecule has 168 valence electrons. The van der Waals surface area contributed by atoms with Crippen LogP contribution in [0.25, 0.3) is 0 Å². The molecule has 2 aromatic carbocycles. The lowest BCUT2D eigenvalue weighted by atomic mass is 10.1.